The zero-order valence-electron chi connectivity index (χ0n) is 18.2. The zero-order valence-corrected chi connectivity index (χ0v) is 18.2. The second-order valence-electron chi connectivity index (χ2n) is 7.28. The minimum Gasteiger partial charge on any atom is -0.488 e. The highest BCUT2D eigenvalue weighted by atomic mass is 19.1. The number of anilines is 1. The molecule has 3 rings (SSSR count). The standard InChI is InChI=1S/C26H23FN2O4/c1-19-6-4-7-20(16-19)17-32-24-9-3-2-8-23(24)26(31)33-18-25(30)29(15-5-14-28)22-12-10-21(27)11-13-22/h2-4,6-13,16H,5,15,17-18H2,1H3. The Morgan fingerprint density at radius 3 is 2.52 bits per heavy atom. The van der Waals surface area contributed by atoms with Gasteiger partial charge in [-0.1, -0.05) is 42.0 Å². The number of nitriles is 1. The Hall–Kier alpha value is -4.18. The summed E-state index contributed by atoms with van der Waals surface area (Å²) in [6.45, 7) is 1.82. The number of para-hydroxylation sites is 1. The van der Waals surface area contributed by atoms with Crippen molar-refractivity contribution < 1.29 is 23.5 Å². The number of hydrogen-bond donors (Lipinski definition) is 0. The molecule has 0 aromatic heterocycles. The monoisotopic (exact) mass is 446 g/mol. The molecule has 0 heterocycles. The van der Waals surface area contributed by atoms with Crippen LogP contribution in [0.2, 0.25) is 0 Å². The molecular formula is C26H23FN2O4. The van der Waals surface area contributed by atoms with Gasteiger partial charge in [0.25, 0.3) is 5.91 Å². The van der Waals surface area contributed by atoms with Crippen LogP contribution >= 0.6 is 0 Å². The Balaban J connectivity index is 1.66. The van der Waals surface area contributed by atoms with Crippen LogP contribution in [0.3, 0.4) is 0 Å². The van der Waals surface area contributed by atoms with Gasteiger partial charge >= 0.3 is 5.97 Å². The van der Waals surface area contributed by atoms with Crippen molar-refractivity contribution in [3.63, 3.8) is 0 Å². The van der Waals surface area contributed by atoms with Crippen molar-refractivity contribution in [2.45, 2.75) is 20.0 Å². The number of aryl methyl sites for hydroxylation is 1. The predicted molar refractivity (Wildman–Crippen MR) is 121 cm³/mol. The molecule has 0 aliphatic heterocycles. The molecule has 0 aliphatic rings. The first kappa shape index (κ1) is 23.5. The van der Waals surface area contributed by atoms with Crippen LogP contribution in [0.25, 0.3) is 0 Å². The van der Waals surface area contributed by atoms with E-state index in [1.807, 2.05) is 37.3 Å². The molecule has 33 heavy (non-hydrogen) atoms. The maximum Gasteiger partial charge on any atom is 0.342 e. The Morgan fingerprint density at radius 1 is 1.03 bits per heavy atom. The molecule has 1 amide bonds. The summed E-state index contributed by atoms with van der Waals surface area (Å²) in [6.07, 6.45) is 0.0761. The summed E-state index contributed by atoms with van der Waals surface area (Å²) in [4.78, 5) is 26.7. The first-order chi connectivity index (χ1) is 16.0. The van der Waals surface area contributed by atoms with Gasteiger partial charge in [-0.05, 0) is 48.9 Å². The van der Waals surface area contributed by atoms with E-state index in [1.165, 1.54) is 29.2 Å². The summed E-state index contributed by atoms with van der Waals surface area (Å²) in [6, 6.07) is 21.7. The van der Waals surface area contributed by atoms with Gasteiger partial charge in [0.1, 0.15) is 23.7 Å². The van der Waals surface area contributed by atoms with Crippen LogP contribution in [-0.2, 0) is 16.1 Å². The highest BCUT2D eigenvalue weighted by molar-refractivity contribution is 5.98. The molecule has 0 bridgehead atoms. The molecule has 0 fully saturated rings. The predicted octanol–water partition coefficient (Wildman–Crippen LogP) is 4.82. The average molecular weight is 446 g/mol. The normalized spacial score (nSPS) is 10.2. The number of nitrogens with zero attached hydrogens (tertiary/aromatic N) is 2. The van der Waals surface area contributed by atoms with Gasteiger partial charge in [0, 0.05) is 12.2 Å². The van der Waals surface area contributed by atoms with E-state index < -0.39 is 24.3 Å². The number of carbonyl (C=O) groups excluding carboxylic acids is 2. The number of ether oxygens (including phenoxy) is 2. The van der Waals surface area contributed by atoms with Gasteiger partial charge in [-0.15, -0.1) is 0 Å². The van der Waals surface area contributed by atoms with Crippen LogP contribution in [-0.4, -0.2) is 25.0 Å². The topological polar surface area (TPSA) is 79.6 Å². The van der Waals surface area contributed by atoms with Crippen molar-refractivity contribution >= 4 is 17.6 Å². The van der Waals surface area contributed by atoms with Gasteiger partial charge in [0.05, 0.1) is 12.5 Å². The number of esters is 1. The van der Waals surface area contributed by atoms with E-state index in [4.69, 9.17) is 14.7 Å². The molecular weight excluding hydrogens is 423 g/mol. The SMILES string of the molecule is Cc1cccc(COc2ccccc2C(=O)OCC(=O)N(CCC#N)c2ccc(F)cc2)c1. The van der Waals surface area contributed by atoms with E-state index >= 15 is 0 Å². The van der Waals surface area contributed by atoms with Crippen molar-refractivity contribution in [1.82, 2.24) is 0 Å². The van der Waals surface area contributed by atoms with Crippen LogP contribution in [0.5, 0.6) is 5.75 Å². The highest BCUT2D eigenvalue weighted by Crippen LogP contribution is 2.21. The molecule has 0 radical (unpaired) electrons. The van der Waals surface area contributed by atoms with E-state index in [0.717, 1.165) is 11.1 Å². The molecule has 7 heteroatoms. The second kappa shape index (κ2) is 11.4. The van der Waals surface area contributed by atoms with Crippen LogP contribution in [0.15, 0.2) is 72.8 Å². The van der Waals surface area contributed by atoms with Gasteiger partial charge in [-0.3, -0.25) is 4.79 Å². The highest BCUT2D eigenvalue weighted by Gasteiger charge is 2.20. The van der Waals surface area contributed by atoms with Crippen LogP contribution in [0, 0.1) is 24.1 Å². The summed E-state index contributed by atoms with van der Waals surface area (Å²) in [5, 5.41) is 8.89. The average Bonchev–Trinajstić information content (AvgIpc) is 2.82. The smallest absolute Gasteiger partial charge is 0.342 e. The molecule has 6 nitrogen and oxygen atoms in total. The van der Waals surface area contributed by atoms with E-state index in [0.29, 0.717) is 11.4 Å². The van der Waals surface area contributed by atoms with Gasteiger partial charge in [0.2, 0.25) is 0 Å². The third kappa shape index (κ3) is 6.65. The third-order valence-corrected chi connectivity index (χ3v) is 4.80. The summed E-state index contributed by atoms with van der Waals surface area (Å²) in [7, 11) is 0. The lowest BCUT2D eigenvalue weighted by atomic mass is 10.1. The molecule has 0 saturated heterocycles. The van der Waals surface area contributed by atoms with E-state index in [2.05, 4.69) is 0 Å². The number of carbonyl (C=O) groups is 2. The molecule has 0 spiro atoms. The van der Waals surface area contributed by atoms with Crippen molar-refractivity contribution in [3.05, 3.63) is 95.3 Å². The zero-order chi connectivity index (χ0) is 23.6. The Kier molecular flexibility index (Phi) is 8.14. The van der Waals surface area contributed by atoms with Crippen LogP contribution in [0.1, 0.15) is 27.9 Å². The lowest BCUT2D eigenvalue weighted by Crippen LogP contribution is -2.35. The number of benzene rings is 3. The van der Waals surface area contributed by atoms with Crippen LogP contribution in [0.4, 0.5) is 10.1 Å². The Bertz CT molecular complexity index is 1160. The summed E-state index contributed by atoms with van der Waals surface area (Å²) < 4.78 is 24.3. The summed E-state index contributed by atoms with van der Waals surface area (Å²) >= 11 is 0. The van der Waals surface area contributed by atoms with E-state index in [1.54, 1.807) is 24.3 Å². The number of halogens is 1. The summed E-state index contributed by atoms with van der Waals surface area (Å²) in [5.41, 5.74) is 2.67. The molecule has 0 N–H and O–H groups in total. The molecule has 3 aromatic rings. The fourth-order valence-electron chi connectivity index (χ4n) is 3.19. The first-order valence-corrected chi connectivity index (χ1v) is 10.4. The summed E-state index contributed by atoms with van der Waals surface area (Å²) in [5.74, 6) is -1.33. The van der Waals surface area contributed by atoms with Crippen molar-refractivity contribution in [3.8, 4) is 11.8 Å². The largest absolute Gasteiger partial charge is 0.488 e. The molecule has 168 valence electrons. The number of hydrogen-bond acceptors (Lipinski definition) is 5. The molecule has 0 unspecified atom stereocenters. The minimum atomic E-state index is -0.706. The minimum absolute atomic E-state index is 0.0761. The lowest BCUT2D eigenvalue weighted by molar-refractivity contribution is -0.121. The first-order valence-electron chi connectivity index (χ1n) is 10.4. The molecule has 0 aliphatic carbocycles. The van der Waals surface area contributed by atoms with E-state index in [-0.39, 0.29) is 25.1 Å². The Labute approximate surface area is 191 Å². The molecule has 0 saturated carbocycles. The van der Waals surface area contributed by atoms with Crippen LogP contribution < -0.4 is 9.64 Å². The van der Waals surface area contributed by atoms with E-state index in [9.17, 15) is 14.0 Å². The Morgan fingerprint density at radius 2 is 1.79 bits per heavy atom. The van der Waals surface area contributed by atoms with Gasteiger partial charge in [0.15, 0.2) is 6.61 Å². The second-order valence-corrected chi connectivity index (χ2v) is 7.28. The van der Waals surface area contributed by atoms with Gasteiger partial charge < -0.3 is 14.4 Å². The quantitative estimate of drug-likeness (QED) is 0.441. The fraction of sp³-hybridized carbons (Fsp3) is 0.192. The number of amides is 1. The number of rotatable bonds is 9. The maximum atomic E-state index is 13.2. The van der Waals surface area contributed by atoms with Crippen molar-refractivity contribution in [2.75, 3.05) is 18.1 Å². The third-order valence-electron chi connectivity index (χ3n) is 4.80. The van der Waals surface area contributed by atoms with Gasteiger partial charge in [-0.2, -0.15) is 5.26 Å². The maximum absolute atomic E-state index is 13.2. The lowest BCUT2D eigenvalue weighted by Gasteiger charge is -2.21. The van der Waals surface area contributed by atoms with Gasteiger partial charge in [-0.25, -0.2) is 9.18 Å². The van der Waals surface area contributed by atoms with Crippen molar-refractivity contribution in [2.24, 2.45) is 0 Å². The fourth-order valence-corrected chi connectivity index (χ4v) is 3.19. The molecule has 3 aromatic carbocycles. The van der Waals surface area contributed by atoms with Crippen molar-refractivity contribution in [1.29, 1.82) is 5.26 Å². The molecule has 0 atom stereocenters.